The van der Waals surface area contributed by atoms with Crippen LogP contribution in [-0.4, -0.2) is 53.0 Å². The molecule has 2 N–H and O–H groups in total. The Bertz CT molecular complexity index is 988. The van der Waals surface area contributed by atoms with E-state index in [9.17, 15) is 28.3 Å². The number of carboxylic acid groups (broad SMARTS) is 1. The Morgan fingerprint density at radius 3 is 2.73 bits per heavy atom. The maximum Gasteiger partial charge on any atom is 0.313 e. The predicted octanol–water partition coefficient (Wildman–Crippen LogP) is 2.91. The third-order valence-corrected chi connectivity index (χ3v) is 6.44. The molecule has 0 aliphatic carbocycles. The molecule has 1 aromatic carbocycles. The summed E-state index contributed by atoms with van der Waals surface area (Å²) in [5.74, 6) is -9.74. The molecule has 1 spiro atoms. The van der Waals surface area contributed by atoms with Gasteiger partial charge in [0.2, 0.25) is 0 Å². The van der Waals surface area contributed by atoms with Gasteiger partial charge in [0.25, 0.3) is 11.8 Å². The van der Waals surface area contributed by atoms with Crippen LogP contribution in [0.25, 0.3) is 0 Å². The van der Waals surface area contributed by atoms with E-state index in [0.29, 0.717) is 0 Å². The molecule has 3 aliphatic rings. The number of benzene rings is 1. The van der Waals surface area contributed by atoms with E-state index in [2.05, 4.69) is 11.9 Å². The molecule has 160 valence electrons. The van der Waals surface area contributed by atoms with E-state index >= 15 is 0 Å². The number of aliphatic carboxylic acids is 1. The minimum atomic E-state index is -3.24. The molecule has 0 saturated carbocycles. The van der Waals surface area contributed by atoms with E-state index in [0.717, 1.165) is 4.90 Å². The number of hydrogen-bond acceptors (Lipinski definition) is 5. The summed E-state index contributed by atoms with van der Waals surface area (Å²) in [4.78, 5) is 39.6. The summed E-state index contributed by atoms with van der Waals surface area (Å²) in [7, 11) is 0. The zero-order valence-electron chi connectivity index (χ0n) is 15.3. The summed E-state index contributed by atoms with van der Waals surface area (Å²) in [6.45, 7) is 2.30. The molecule has 3 aliphatic heterocycles. The van der Waals surface area contributed by atoms with E-state index in [4.69, 9.17) is 27.9 Å². The van der Waals surface area contributed by atoms with Gasteiger partial charge in [-0.25, -0.2) is 8.78 Å². The van der Waals surface area contributed by atoms with Crippen molar-refractivity contribution in [2.24, 2.45) is 11.8 Å². The molecule has 11 heteroatoms. The number of hydrogen-bond donors (Lipinski definition) is 2. The topological polar surface area (TPSA) is 95.9 Å². The van der Waals surface area contributed by atoms with Gasteiger partial charge >= 0.3 is 11.9 Å². The lowest BCUT2D eigenvalue weighted by Crippen LogP contribution is -2.54. The molecule has 30 heavy (non-hydrogen) atoms. The molecular weight excluding hydrogens is 445 g/mol. The molecule has 0 bridgehead atoms. The van der Waals surface area contributed by atoms with Gasteiger partial charge in [0.05, 0.1) is 23.2 Å². The Hall–Kier alpha value is -2.23. The largest absolute Gasteiger partial charge is 0.481 e. The molecular formula is C19H16Cl2F2N2O5. The van der Waals surface area contributed by atoms with E-state index < -0.39 is 60.2 Å². The fourth-order valence-corrected chi connectivity index (χ4v) is 5.54. The van der Waals surface area contributed by atoms with Crippen LogP contribution in [0.4, 0.5) is 14.5 Å². The zero-order valence-corrected chi connectivity index (χ0v) is 16.8. The van der Waals surface area contributed by atoms with Crippen molar-refractivity contribution in [2.45, 2.75) is 23.9 Å². The molecule has 4 rings (SSSR count). The Labute approximate surface area is 179 Å². The highest BCUT2D eigenvalue weighted by Gasteiger charge is 2.74. The van der Waals surface area contributed by atoms with Crippen molar-refractivity contribution >= 4 is 46.7 Å². The fraction of sp³-hybridized carbons (Fsp3) is 0.421. The standard InChI is InChI=1S/C19H16Cl2F2N2O5/c1-2-3-30-16(28)13-12(15(26)27)11-6-18(22,23)7-25(11)19(13)9-4-8(20)5-10(21)14(9)24-17(19)29/h2,4-5,11-13H,1,3,6-7H2,(H,24,29)(H,26,27)/t11-,12+,13-,19+/m0/s1. The third-order valence-electron chi connectivity index (χ3n) is 5.92. The van der Waals surface area contributed by atoms with Crippen molar-refractivity contribution in [1.29, 1.82) is 0 Å². The molecule has 2 saturated heterocycles. The average molecular weight is 461 g/mol. The number of nitrogens with one attached hydrogen (secondary N) is 1. The second kappa shape index (κ2) is 6.90. The molecule has 1 amide bonds. The molecule has 0 radical (unpaired) electrons. The van der Waals surface area contributed by atoms with Gasteiger partial charge in [0.15, 0.2) is 0 Å². The number of esters is 1. The highest BCUT2D eigenvalue weighted by molar-refractivity contribution is 6.38. The second-order valence-electron chi connectivity index (χ2n) is 7.55. The summed E-state index contributed by atoms with van der Waals surface area (Å²) in [5.41, 5.74) is -1.86. The summed E-state index contributed by atoms with van der Waals surface area (Å²) in [5, 5.41) is 12.6. The minimum Gasteiger partial charge on any atom is -0.481 e. The van der Waals surface area contributed by atoms with Crippen molar-refractivity contribution in [2.75, 3.05) is 18.5 Å². The van der Waals surface area contributed by atoms with Crippen molar-refractivity contribution in [3.05, 3.63) is 40.4 Å². The van der Waals surface area contributed by atoms with E-state index in [1.54, 1.807) is 0 Å². The van der Waals surface area contributed by atoms with Crippen LogP contribution >= 0.6 is 23.2 Å². The molecule has 7 nitrogen and oxygen atoms in total. The number of fused-ring (bicyclic) bond motifs is 4. The molecule has 0 aromatic heterocycles. The Morgan fingerprint density at radius 2 is 2.10 bits per heavy atom. The molecule has 2 fully saturated rings. The number of alkyl halides is 2. The highest BCUT2D eigenvalue weighted by atomic mass is 35.5. The Morgan fingerprint density at radius 1 is 1.40 bits per heavy atom. The second-order valence-corrected chi connectivity index (χ2v) is 8.39. The normalized spacial score (nSPS) is 31.3. The number of anilines is 1. The first kappa shape index (κ1) is 21.0. The summed E-state index contributed by atoms with van der Waals surface area (Å²) in [6.07, 6.45) is 0.467. The first-order valence-corrected chi connectivity index (χ1v) is 9.76. The number of nitrogens with zero attached hydrogens (tertiary/aromatic N) is 1. The monoisotopic (exact) mass is 460 g/mol. The first-order chi connectivity index (χ1) is 14.0. The number of halogens is 4. The van der Waals surface area contributed by atoms with Gasteiger partial charge in [-0.1, -0.05) is 35.9 Å². The van der Waals surface area contributed by atoms with Crippen molar-refractivity contribution in [3.63, 3.8) is 0 Å². The maximum absolute atomic E-state index is 14.4. The van der Waals surface area contributed by atoms with Crippen molar-refractivity contribution < 1.29 is 33.0 Å². The van der Waals surface area contributed by atoms with Gasteiger partial charge in [-0.05, 0) is 12.1 Å². The smallest absolute Gasteiger partial charge is 0.313 e. The summed E-state index contributed by atoms with van der Waals surface area (Å²) in [6, 6.07) is 1.42. The zero-order chi connectivity index (χ0) is 22.0. The molecule has 4 atom stereocenters. The predicted molar refractivity (Wildman–Crippen MR) is 103 cm³/mol. The Balaban J connectivity index is 1.99. The fourth-order valence-electron chi connectivity index (χ4n) is 5.00. The summed E-state index contributed by atoms with van der Waals surface area (Å²) >= 11 is 12.3. The number of rotatable bonds is 4. The van der Waals surface area contributed by atoms with Crippen molar-refractivity contribution in [3.8, 4) is 0 Å². The lowest BCUT2D eigenvalue weighted by Gasteiger charge is -2.36. The van der Waals surface area contributed by atoms with Crippen LogP contribution in [0.15, 0.2) is 24.8 Å². The molecule has 3 heterocycles. The van der Waals surface area contributed by atoms with Gasteiger partial charge in [0.1, 0.15) is 18.1 Å². The number of carbonyl (C=O) groups is 3. The van der Waals surface area contributed by atoms with E-state index in [-0.39, 0.29) is 27.9 Å². The van der Waals surface area contributed by atoms with Crippen LogP contribution < -0.4 is 5.32 Å². The SMILES string of the molecule is C=CCOC(=O)[C@@H]1[C@H](C(=O)O)[C@@H]2CC(F)(F)CN2[C@@]12C(=O)Nc1c(Cl)cc(Cl)cc12. The minimum absolute atomic E-state index is 0.0437. The van der Waals surface area contributed by atoms with Crippen LogP contribution in [0.3, 0.4) is 0 Å². The first-order valence-electron chi connectivity index (χ1n) is 9.00. The van der Waals surface area contributed by atoms with Gasteiger partial charge < -0.3 is 15.2 Å². The van der Waals surface area contributed by atoms with Crippen LogP contribution in [0, 0.1) is 11.8 Å². The van der Waals surface area contributed by atoms with Gasteiger partial charge in [0, 0.05) is 23.0 Å². The highest BCUT2D eigenvalue weighted by Crippen LogP contribution is 2.61. The molecule has 0 unspecified atom stereocenters. The third kappa shape index (κ3) is 2.75. The van der Waals surface area contributed by atoms with Gasteiger partial charge in [-0.3, -0.25) is 19.3 Å². The lowest BCUT2D eigenvalue weighted by atomic mass is 9.74. The number of carbonyl (C=O) groups excluding carboxylic acids is 2. The Kier molecular flexibility index (Phi) is 4.83. The van der Waals surface area contributed by atoms with Crippen LogP contribution in [0.1, 0.15) is 12.0 Å². The van der Waals surface area contributed by atoms with Crippen molar-refractivity contribution in [1.82, 2.24) is 4.90 Å². The quantitative estimate of drug-likeness (QED) is 0.529. The lowest BCUT2D eigenvalue weighted by molar-refractivity contribution is -0.161. The number of carboxylic acids is 1. The number of amides is 1. The molecule has 1 aromatic rings. The van der Waals surface area contributed by atoms with Crippen LogP contribution in [-0.2, 0) is 24.7 Å². The average Bonchev–Trinajstić information content (AvgIpc) is 3.20. The summed E-state index contributed by atoms with van der Waals surface area (Å²) < 4.78 is 33.9. The van der Waals surface area contributed by atoms with Gasteiger partial charge in [-0.15, -0.1) is 0 Å². The van der Waals surface area contributed by atoms with Crippen LogP contribution in [0.5, 0.6) is 0 Å². The van der Waals surface area contributed by atoms with Crippen LogP contribution in [0.2, 0.25) is 10.0 Å². The van der Waals surface area contributed by atoms with Gasteiger partial charge in [-0.2, -0.15) is 0 Å². The van der Waals surface area contributed by atoms with E-state index in [1.807, 2.05) is 0 Å². The number of ether oxygens (including phenoxy) is 1. The van der Waals surface area contributed by atoms with E-state index in [1.165, 1.54) is 18.2 Å². The maximum atomic E-state index is 14.4.